The van der Waals surface area contributed by atoms with E-state index in [1.807, 2.05) is 4.90 Å². The van der Waals surface area contributed by atoms with E-state index in [9.17, 15) is 9.90 Å². The molecule has 2 fully saturated rings. The molecule has 1 amide bonds. The molecule has 2 heterocycles. The smallest absolute Gasteiger partial charge is 0.270 e. The Labute approximate surface area is 140 Å². The molecule has 0 unspecified atom stereocenters. The van der Waals surface area contributed by atoms with Crippen molar-refractivity contribution in [1.29, 1.82) is 0 Å². The molecule has 0 radical (unpaired) electrons. The van der Waals surface area contributed by atoms with Gasteiger partial charge in [0.1, 0.15) is 10.8 Å². The zero-order valence-electron chi connectivity index (χ0n) is 12.6. The van der Waals surface area contributed by atoms with E-state index in [-0.39, 0.29) is 18.1 Å². The highest BCUT2D eigenvalue weighted by Gasteiger charge is 2.34. The van der Waals surface area contributed by atoms with Gasteiger partial charge in [-0.3, -0.25) is 9.69 Å². The third-order valence-corrected chi connectivity index (χ3v) is 5.69. The van der Waals surface area contributed by atoms with Crippen LogP contribution in [-0.2, 0) is 7.05 Å². The van der Waals surface area contributed by atoms with Gasteiger partial charge in [0, 0.05) is 39.3 Å². The van der Waals surface area contributed by atoms with E-state index in [4.69, 9.17) is 23.2 Å². The van der Waals surface area contributed by atoms with Crippen molar-refractivity contribution in [1.82, 2.24) is 14.4 Å². The van der Waals surface area contributed by atoms with Crippen LogP contribution in [0.4, 0.5) is 0 Å². The molecule has 22 heavy (non-hydrogen) atoms. The fourth-order valence-electron chi connectivity index (χ4n) is 3.51. The van der Waals surface area contributed by atoms with Gasteiger partial charge in [0.05, 0.1) is 11.1 Å². The lowest BCUT2D eigenvalue weighted by Gasteiger charge is -2.39. The fraction of sp³-hybridized carbons (Fsp3) is 0.667. The lowest BCUT2D eigenvalue weighted by molar-refractivity contribution is 0.0311. The van der Waals surface area contributed by atoms with Crippen LogP contribution in [0.5, 0.6) is 0 Å². The van der Waals surface area contributed by atoms with Gasteiger partial charge in [-0.05, 0) is 25.3 Å². The maximum Gasteiger partial charge on any atom is 0.270 e. The Balaban J connectivity index is 1.63. The first-order valence-corrected chi connectivity index (χ1v) is 8.46. The molecule has 0 bridgehead atoms. The third-order valence-electron chi connectivity index (χ3n) is 4.85. The Hall–Kier alpha value is -0.750. The topological polar surface area (TPSA) is 48.7 Å². The summed E-state index contributed by atoms with van der Waals surface area (Å²) in [7, 11) is 1.74. The summed E-state index contributed by atoms with van der Waals surface area (Å²) in [6.45, 7) is 2.95. The second-order valence-corrected chi connectivity index (χ2v) is 6.89. The SMILES string of the molecule is Cn1c(C(=O)N2CCN([C@H]3CCC[C@H]3O)CC2)cc(Cl)c1Cl. The number of aliphatic hydroxyl groups excluding tert-OH is 1. The van der Waals surface area contributed by atoms with Crippen molar-refractivity contribution in [3.05, 3.63) is 21.9 Å². The lowest BCUT2D eigenvalue weighted by Crippen LogP contribution is -2.53. The van der Waals surface area contributed by atoms with Gasteiger partial charge in [-0.2, -0.15) is 0 Å². The average molecular weight is 346 g/mol. The van der Waals surface area contributed by atoms with Crippen molar-refractivity contribution in [3.63, 3.8) is 0 Å². The summed E-state index contributed by atoms with van der Waals surface area (Å²) in [6.07, 6.45) is 2.82. The van der Waals surface area contributed by atoms with Crippen LogP contribution in [-0.4, -0.2) is 63.7 Å². The van der Waals surface area contributed by atoms with Crippen molar-refractivity contribution >= 4 is 29.1 Å². The van der Waals surface area contributed by atoms with E-state index in [1.165, 1.54) is 0 Å². The fourth-order valence-corrected chi connectivity index (χ4v) is 3.89. The number of aliphatic hydroxyl groups is 1. The highest BCUT2D eigenvalue weighted by Crippen LogP contribution is 2.27. The van der Waals surface area contributed by atoms with Crippen LogP contribution >= 0.6 is 23.2 Å². The number of hydrogen-bond donors (Lipinski definition) is 1. The molecule has 5 nitrogen and oxygen atoms in total. The van der Waals surface area contributed by atoms with Crippen LogP contribution in [0.3, 0.4) is 0 Å². The number of piperazine rings is 1. The van der Waals surface area contributed by atoms with Gasteiger partial charge in [-0.25, -0.2) is 0 Å². The largest absolute Gasteiger partial charge is 0.391 e. The molecule has 1 aliphatic carbocycles. The number of halogens is 2. The number of rotatable bonds is 2. The number of carbonyl (C=O) groups is 1. The standard InChI is InChI=1S/C15H21Cl2N3O2/c1-18-12(9-10(16)14(18)17)15(22)20-7-5-19(6-8-20)11-3-2-4-13(11)21/h9,11,13,21H,2-8H2,1H3/t11-,13+/m0/s1. The van der Waals surface area contributed by atoms with Crippen LogP contribution in [0.15, 0.2) is 6.07 Å². The van der Waals surface area contributed by atoms with E-state index in [0.29, 0.717) is 29.0 Å². The first-order valence-electron chi connectivity index (χ1n) is 7.71. The van der Waals surface area contributed by atoms with E-state index >= 15 is 0 Å². The Morgan fingerprint density at radius 3 is 2.41 bits per heavy atom. The molecule has 0 aromatic carbocycles. The molecule has 1 saturated carbocycles. The number of amides is 1. The Morgan fingerprint density at radius 2 is 1.91 bits per heavy atom. The summed E-state index contributed by atoms with van der Waals surface area (Å²) in [5.74, 6) is -0.0390. The molecule has 122 valence electrons. The monoisotopic (exact) mass is 345 g/mol. The average Bonchev–Trinajstić information content (AvgIpc) is 3.06. The van der Waals surface area contributed by atoms with Crippen LogP contribution in [0.1, 0.15) is 29.8 Å². The number of hydrogen-bond acceptors (Lipinski definition) is 3. The maximum absolute atomic E-state index is 12.6. The summed E-state index contributed by atoms with van der Waals surface area (Å²) in [4.78, 5) is 16.7. The van der Waals surface area contributed by atoms with Gasteiger partial charge in [0.15, 0.2) is 0 Å². The number of nitrogens with zero attached hydrogens (tertiary/aromatic N) is 3. The van der Waals surface area contributed by atoms with Crippen molar-refractivity contribution in [3.8, 4) is 0 Å². The Kier molecular flexibility index (Phi) is 4.69. The lowest BCUT2D eigenvalue weighted by atomic mass is 10.1. The third kappa shape index (κ3) is 2.87. The van der Waals surface area contributed by atoms with Gasteiger partial charge in [-0.15, -0.1) is 0 Å². The minimum atomic E-state index is -0.215. The van der Waals surface area contributed by atoms with Crippen LogP contribution in [0.25, 0.3) is 0 Å². The Morgan fingerprint density at radius 1 is 1.23 bits per heavy atom. The summed E-state index contributed by atoms with van der Waals surface area (Å²) in [5.41, 5.74) is 0.518. The minimum absolute atomic E-state index is 0.0390. The van der Waals surface area contributed by atoms with Crippen LogP contribution in [0, 0.1) is 0 Å². The van der Waals surface area contributed by atoms with Crippen molar-refractivity contribution in [2.24, 2.45) is 7.05 Å². The molecule has 1 N–H and O–H groups in total. The zero-order chi connectivity index (χ0) is 15.9. The van der Waals surface area contributed by atoms with E-state index < -0.39 is 0 Å². The quantitative estimate of drug-likeness (QED) is 0.891. The Bertz CT molecular complexity index is 567. The normalized spacial score (nSPS) is 26.6. The summed E-state index contributed by atoms with van der Waals surface area (Å²) < 4.78 is 1.62. The maximum atomic E-state index is 12.6. The highest BCUT2D eigenvalue weighted by molar-refractivity contribution is 6.41. The van der Waals surface area contributed by atoms with Crippen LogP contribution < -0.4 is 0 Å². The second-order valence-electron chi connectivity index (χ2n) is 6.12. The number of carbonyl (C=O) groups excluding carboxylic acids is 1. The molecule has 1 aromatic heterocycles. The highest BCUT2D eigenvalue weighted by atomic mass is 35.5. The van der Waals surface area contributed by atoms with E-state index in [1.54, 1.807) is 17.7 Å². The predicted molar refractivity (Wildman–Crippen MR) is 86.6 cm³/mol. The molecular formula is C15H21Cl2N3O2. The zero-order valence-corrected chi connectivity index (χ0v) is 14.1. The summed E-state index contributed by atoms with van der Waals surface area (Å²) in [5, 5.41) is 10.8. The van der Waals surface area contributed by atoms with Gasteiger partial charge in [0.2, 0.25) is 0 Å². The molecule has 3 rings (SSSR count). The molecule has 2 atom stereocenters. The second kappa shape index (κ2) is 6.40. The molecule has 2 aliphatic rings. The van der Waals surface area contributed by atoms with Gasteiger partial charge >= 0.3 is 0 Å². The molecule has 1 aliphatic heterocycles. The molecule has 1 aromatic rings. The summed E-state index contributed by atoms with van der Waals surface area (Å²) in [6, 6.07) is 1.88. The van der Waals surface area contributed by atoms with Gasteiger partial charge < -0.3 is 14.6 Å². The molecule has 0 spiro atoms. The van der Waals surface area contributed by atoms with E-state index in [2.05, 4.69) is 4.90 Å². The van der Waals surface area contributed by atoms with Crippen LogP contribution in [0.2, 0.25) is 10.2 Å². The molecular weight excluding hydrogens is 325 g/mol. The van der Waals surface area contributed by atoms with Crippen molar-refractivity contribution in [2.45, 2.75) is 31.4 Å². The van der Waals surface area contributed by atoms with Gasteiger partial charge in [-0.1, -0.05) is 23.2 Å². The predicted octanol–water partition coefficient (Wildman–Crippen LogP) is 2.00. The minimum Gasteiger partial charge on any atom is -0.391 e. The molecule has 1 saturated heterocycles. The van der Waals surface area contributed by atoms with Crippen molar-refractivity contribution < 1.29 is 9.90 Å². The molecule has 7 heteroatoms. The van der Waals surface area contributed by atoms with Crippen molar-refractivity contribution in [2.75, 3.05) is 26.2 Å². The first kappa shape index (κ1) is 16.1. The number of aromatic nitrogens is 1. The van der Waals surface area contributed by atoms with E-state index in [0.717, 1.165) is 32.4 Å². The first-order chi connectivity index (χ1) is 10.5. The summed E-state index contributed by atoms with van der Waals surface area (Å²) >= 11 is 12.0. The van der Waals surface area contributed by atoms with Gasteiger partial charge in [0.25, 0.3) is 5.91 Å².